The normalized spacial score (nSPS) is 13.8. The molecule has 0 saturated heterocycles. The zero-order valence-corrected chi connectivity index (χ0v) is 9.45. The summed E-state index contributed by atoms with van der Waals surface area (Å²) < 4.78 is 0. The Morgan fingerprint density at radius 1 is 1.69 bits per heavy atom. The molecule has 1 aromatic rings. The lowest BCUT2D eigenvalue weighted by Crippen LogP contribution is -2.39. The molecular formula is C11H16N4O. The highest BCUT2D eigenvalue weighted by Gasteiger charge is 2.12. The minimum atomic E-state index is -0.369. The number of carbonyl (C=O) groups excluding carboxylic acids is 1. The predicted molar refractivity (Wildman–Crippen MR) is 60.4 cm³/mol. The van der Waals surface area contributed by atoms with E-state index in [0.717, 1.165) is 5.69 Å². The maximum Gasteiger partial charge on any atom is 0.217 e. The first-order valence-corrected chi connectivity index (χ1v) is 5.17. The zero-order valence-electron chi connectivity index (χ0n) is 9.45. The lowest BCUT2D eigenvalue weighted by atomic mass is 10.2. The van der Waals surface area contributed by atoms with Crippen LogP contribution in [-0.4, -0.2) is 23.5 Å². The Morgan fingerprint density at radius 2 is 2.44 bits per heavy atom. The molecule has 1 rings (SSSR count). The van der Waals surface area contributed by atoms with Crippen molar-refractivity contribution in [3.8, 4) is 6.07 Å². The number of nitrogens with one attached hydrogen (secondary N) is 3. The number of rotatable bonds is 5. The largest absolute Gasteiger partial charge is 0.363 e. The van der Waals surface area contributed by atoms with E-state index >= 15 is 0 Å². The number of nitrogens with zero attached hydrogens (tertiary/aromatic N) is 1. The van der Waals surface area contributed by atoms with E-state index in [1.54, 1.807) is 6.20 Å². The fraction of sp³-hybridized carbons (Fsp3) is 0.455. The van der Waals surface area contributed by atoms with Crippen LogP contribution < -0.4 is 10.6 Å². The van der Waals surface area contributed by atoms with Gasteiger partial charge in [0.1, 0.15) is 6.04 Å². The van der Waals surface area contributed by atoms with Crippen molar-refractivity contribution in [3.05, 3.63) is 24.0 Å². The van der Waals surface area contributed by atoms with E-state index < -0.39 is 0 Å². The number of amides is 1. The summed E-state index contributed by atoms with van der Waals surface area (Å²) in [6.45, 7) is 3.91. The first-order chi connectivity index (χ1) is 7.63. The Bertz CT molecular complexity index is 366. The first kappa shape index (κ1) is 12.3. The Hall–Kier alpha value is -1.80. The van der Waals surface area contributed by atoms with Crippen molar-refractivity contribution in [2.75, 3.05) is 6.54 Å². The van der Waals surface area contributed by atoms with Crippen LogP contribution in [0.2, 0.25) is 0 Å². The second-order valence-corrected chi connectivity index (χ2v) is 3.70. The first-order valence-electron chi connectivity index (χ1n) is 5.17. The topological polar surface area (TPSA) is 80.7 Å². The Kier molecular flexibility index (Phi) is 4.55. The van der Waals surface area contributed by atoms with Gasteiger partial charge in [0.25, 0.3) is 0 Å². The van der Waals surface area contributed by atoms with Crippen LogP contribution in [-0.2, 0) is 4.79 Å². The summed E-state index contributed by atoms with van der Waals surface area (Å²) in [6.07, 6.45) is 1.78. The van der Waals surface area contributed by atoms with E-state index in [-0.39, 0.29) is 18.0 Å². The molecule has 0 saturated carbocycles. The quantitative estimate of drug-likeness (QED) is 0.683. The van der Waals surface area contributed by atoms with Gasteiger partial charge in [-0.3, -0.25) is 10.1 Å². The molecule has 0 aliphatic rings. The number of hydrogen-bond donors (Lipinski definition) is 3. The van der Waals surface area contributed by atoms with Gasteiger partial charge < -0.3 is 10.3 Å². The standard InChI is InChI=1S/C11H16N4O/c1-8(15-9(2)16)7-14-11(6-12)10-4-3-5-13-10/h3-5,8,11,13-14H,7H2,1-2H3,(H,15,16). The van der Waals surface area contributed by atoms with E-state index in [0.29, 0.717) is 6.54 Å². The molecular weight excluding hydrogens is 204 g/mol. The number of aromatic nitrogens is 1. The molecule has 2 atom stereocenters. The van der Waals surface area contributed by atoms with E-state index in [2.05, 4.69) is 21.7 Å². The van der Waals surface area contributed by atoms with Crippen molar-refractivity contribution >= 4 is 5.91 Å². The molecule has 16 heavy (non-hydrogen) atoms. The number of hydrogen-bond acceptors (Lipinski definition) is 3. The molecule has 0 fully saturated rings. The van der Waals surface area contributed by atoms with Crippen LogP contribution in [0.4, 0.5) is 0 Å². The molecule has 0 bridgehead atoms. The van der Waals surface area contributed by atoms with E-state index in [1.165, 1.54) is 6.92 Å². The Morgan fingerprint density at radius 3 is 2.94 bits per heavy atom. The zero-order chi connectivity index (χ0) is 12.0. The van der Waals surface area contributed by atoms with E-state index in [1.807, 2.05) is 19.1 Å². The third-order valence-electron chi connectivity index (χ3n) is 2.14. The molecule has 1 heterocycles. The van der Waals surface area contributed by atoms with Crippen molar-refractivity contribution < 1.29 is 4.79 Å². The summed E-state index contributed by atoms with van der Waals surface area (Å²) in [7, 11) is 0. The Labute approximate surface area is 94.8 Å². The molecule has 1 aromatic heterocycles. The van der Waals surface area contributed by atoms with Crippen molar-refractivity contribution in [1.82, 2.24) is 15.6 Å². The molecule has 86 valence electrons. The molecule has 0 aromatic carbocycles. The van der Waals surface area contributed by atoms with Gasteiger partial charge in [-0.1, -0.05) is 0 Å². The SMILES string of the molecule is CC(=O)NC(C)CNC(C#N)c1ccc[nH]1. The maximum atomic E-state index is 10.8. The third kappa shape index (κ3) is 3.75. The lowest BCUT2D eigenvalue weighted by Gasteiger charge is -2.15. The van der Waals surface area contributed by atoms with Crippen molar-refractivity contribution in [2.45, 2.75) is 25.9 Å². The molecule has 2 unspecified atom stereocenters. The average molecular weight is 220 g/mol. The van der Waals surface area contributed by atoms with Crippen LogP contribution in [0.15, 0.2) is 18.3 Å². The van der Waals surface area contributed by atoms with Gasteiger partial charge >= 0.3 is 0 Å². The van der Waals surface area contributed by atoms with Crippen LogP contribution in [0.3, 0.4) is 0 Å². The van der Waals surface area contributed by atoms with Crippen LogP contribution in [0, 0.1) is 11.3 Å². The van der Waals surface area contributed by atoms with Crippen LogP contribution >= 0.6 is 0 Å². The molecule has 5 nitrogen and oxygen atoms in total. The molecule has 5 heteroatoms. The van der Waals surface area contributed by atoms with Crippen molar-refractivity contribution in [2.24, 2.45) is 0 Å². The summed E-state index contributed by atoms with van der Waals surface area (Å²) in [5.41, 5.74) is 0.831. The molecule has 0 spiro atoms. The maximum absolute atomic E-state index is 10.8. The summed E-state index contributed by atoms with van der Waals surface area (Å²) in [4.78, 5) is 13.8. The third-order valence-corrected chi connectivity index (χ3v) is 2.14. The van der Waals surface area contributed by atoms with Gasteiger partial charge in [0.15, 0.2) is 0 Å². The van der Waals surface area contributed by atoms with Crippen LogP contribution in [0.25, 0.3) is 0 Å². The minimum absolute atomic E-state index is 0.00307. The summed E-state index contributed by atoms with van der Waals surface area (Å²) in [5, 5.41) is 14.8. The summed E-state index contributed by atoms with van der Waals surface area (Å²) >= 11 is 0. The van der Waals surface area contributed by atoms with E-state index in [4.69, 9.17) is 5.26 Å². The van der Waals surface area contributed by atoms with Gasteiger partial charge in [0.2, 0.25) is 5.91 Å². The predicted octanol–water partition coefficient (Wildman–Crippen LogP) is 0.694. The molecule has 0 aliphatic heterocycles. The number of nitriles is 1. The Balaban J connectivity index is 2.41. The fourth-order valence-corrected chi connectivity index (χ4v) is 1.44. The molecule has 0 aliphatic carbocycles. The fourth-order valence-electron chi connectivity index (χ4n) is 1.44. The van der Waals surface area contributed by atoms with Gasteiger partial charge in [-0.25, -0.2) is 0 Å². The number of carbonyl (C=O) groups is 1. The molecule has 0 radical (unpaired) electrons. The highest BCUT2D eigenvalue weighted by atomic mass is 16.1. The highest BCUT2D eigenvalue weighted by Crippen LogP contribution is 2.08. The van der Waals surface area contributed by atoms with Gasteiger partial charge in [0, 0.05) is 31.4 Å². The van der Waals surface area contributed by atoms with E-state index in [9.17, 15) is 4.79 Å². The van der Waals surface area contributed by atoms with Crippen LogP contribution in [0.5, 0.6) is 0 Å². The summed E-state index contributed by atoms with van der Waals surface area (Å²) in [5.74, 6) is -0.0670. The monoisotopic (exact) mass is 220 g/mol. The molecule has 1 amide bonds. The minimum Gasteiger partial charge on any atom is -0.363 e. The second-order valence-electron chi connectivity index (χ2n) is 3.70. The second kappa shape index (κ2) is 5.93. The van der Waals surface area contributed by atoms with Crippen molar-refractivity contribution in [1.29, 1.82) is 5.26 Å². The van der Waals surface area contributed by atoms with Crippen LogP contribution in [0.1, 0.15) is 25.6 Å². The lowest BCUT2D eigenvalue weighted by molar-refractivity contribution is -0.119. The number of aromatic amines is 1. The van der Waals surface area contributed by atoms with Gasteiger partial charge in [-0.2, -0.15) is 5.26 Å². The summed E-state index contributed by atoms with van der Waals surface area (Å²) in [6, 6.07) is 5.49. The smallest absolute Gasteiger partial charge is 0.217 e. The van der Waals surface area contributed by atoms with Gasteiger partial charge in [0.05, 0.1) is 6.07 Å². The van der Waals surface area contributed by atoms with Gasteiger partial charge in [-0.15, -0.1) is 0 Å². The van der Waals surface area contributed by atoms with Gasteiger partial charge in [-0.05, 0) is 19.1 Å². The highest BCUT2D eigenvalue weighted by molar-refractivity contribution is 5.73. The number of H-pyrrole nitrogens is 1. The molecule has 3 N–H and O–H groups in total. The average Bonchev–Trinajstić information content (AvgIpc) is 2.71. The van der Waals surface area contributed by atoms with Crippen molar-refractivity contribution in [3.63, 3.8) is 0 Å².